The standard InChI is InChI=1S/C16H18N2O2S/c1-11-10-21-15(17-11)12-3-2-4-13(9-12)16(20)18(7-8-19)14-5-6-14/h2-4,9-10,14,19H,5-8H2,1H3. The minimum absolute atomic E-state index is 0.00155. The SMILES string of the molecule is Cc1csc(-c2cccc(C(=O)N(CCO)C3CC3)c2)n1. The van der Waals surface area contributed by atoms with E-state index in [-0.39, 0.29) is 12.5 Å². The zero-order chi connectivity index (χ0) is 14.8. The van der Waals surface area contributed by atoms with Crippen molar-refractivity contribution in [1.82, 2.24) is 9.88 Å². The maximum atomic E-state index is 12.6. The van der Waals surface area contributed by atoms with E-state index >= 15 is 0 Å². The van der Waals surface area contributed by atoms with Gasteiger partial charge in [-0.15, -0.1) is 11.3 Å². The molecule has 1 aliphatic rings. The summed E-state index contributed by atoms with van der Waals surface area (Å²) in [5.41, 5.74) is 2.63. The van der Waals surface area contributed by atoms with Crippen LogP contribution in [0.25, 0.3) is 10.6 Å². The predicted molar refractivity (Wildman–Crippen MR) is 83.4 cm³/mol. The number of carbonyl (C=O) groups excluding carboxylic acids is 1. The van der Waals surface area contributed by atoms with E-state index in [9.17, 15) is 4.79 Å². The smallest absolute Gasteiger partial charge is 0.254 e. The Morgan fingerprint density at radius 3 is 2.90 bits per heavy atom. The van der Waals surface area contributed by atoms with Crippen molar-refractivity contribution in [1.29, 1.82) is 0 Å². The second-order valence-corrected chi connectivity index (χ2v) is 6.19. The van der Waals surface area contributed by atoms with Crippen molar-refractivity contribution < 1.29 is 9.90 Å². The Morgan fingerprint density at radius 1 is 1.48 bits per heavy atom. The molecule has 110 valence electrons. The summed E-state index contributed by atoms with van der Waals surface area (Å²) in [6.45, 7) is 2.38. The molecule has 0 bridgehead atoms. The Kier molecular flexibility index (Phi) is 4.03. The molecule has 0 unspecified atom stereocenters. The third-order valence-corrected chi connectivity index (χ3v) is 4.57. The van der Waals surface area contributed by atoms with E-state index in [1.165, 1.54) is 0 Å². The third-order valence-electron chi connectivity index (χ3n) is 3.56. The zero-order valence-corrected chi connectivity index (χ0v) is 12.8. The summed E-state index contributed by atoms with van der Waals surface area (Å²) < 4.78 is 0. The second kappa shape index (κ2) is 5.95. The summed E-state index contributed by atoms with van der Waals surface area (Å²) in [4.78, 5) is 18.9. The van der Waals surface area contributed by atoms with Crippen molar-refractivity contribution in [2.75, 3.05) is 13.2 Å². The minimum atomic E-state index is 0.00155. The molecule has 2 aromatic rings. The van der Waals surface area contributed by atoms with Crippen LogP contribution in [0.5, 0.6) is 0 Å². The minimum Gasteiger partial charge on any atom is -0.395 e. The van der Waals surface area contributed by atoms with E-state index in [0.29, 0.717) is 18.2 Å². The van der Waals surface area contributed by atoms with Gasteiger partial charge in [-0.25, -0.2) is 4.98 Å². The lowest BCUT2D eigenvalue weighted by molar-refractivity contribution is 0.0707. The van der Waals surface area contributed by atoms with Gasteiger partial charge in [-0.1, -0.05) is 12.1 Å². The van der Waals surface area contributed by atoms with E-state index < -0.39 is 0 Å². The van der Waals surface area contributed by atoms with Crippen molar-refractivity contribution in [3.8, 4) is 10.6 Å². The van der Waals surface area contributed by atoms with Crippen LogP contribution < -0.4 is 0 Å². The van der Waals surface area contributed by atoms with Crippen molar-refractivity contribution in [2.45, 2.75) is 25.8 Å². The fourth-order valence-electron chi connectivity index (χ4n) is 2.38. The molecule has 1 aliphatic carbocycles. The van der Waals surface area contributed by atoms with E-state index in [4.69, 9.17) is 5.11 Å². The van der Waals surface area contributed by atoms with Crippen LogP contribution >= 0.6 is 11.3 Å². The Labute approximate surface area is 128 Å². The number of hydrogen-bond acceptors (Lipinski definition) is 4. The Balaban J connectivity index is 1.86. The summed E-state index contributed by atoms with van der Waals surface area (Å²) in [6.07, 6.45) is 2.08. The lowest BCUT2D eigenvalue weighted by Gasteiger charge is -2.21. The molecule has 0 radical (unpaired) electrons. The van der Waals surface area contributed by atoms with E-state index in [2.05, 4.69) is 4.98 Å². The highest BCUT2D eigenvalue weighted by Crippen LogP contribution is 2.29. The molecule has 21 heavy (non-hydrogen) atoms. The highest BCUT2D eigenvalue weighted by molar-refractivity contribution is 7.13. The van der Waals surface area contributed by atoms with Crippen LogP contribution in [0, 0.1) is 6.92 Å². The van der Waals surface area contributed by atoms with E-state index in [1.807, 2.05) is 36.6 Å². The summed E-state index contributed by atoms with van der Waals surface area (Å²) in [6, 6.07) is 7.90. The molecule has 0 aliphatic heterocycles. The third kappa shape index (κ3) is 3.14. The number of carbonyl (C=O) groups is 1. The molecular weight excluding hydrogens is 284 g/mol. The first-order valence-electron chi connectivity index (χ1n) is 7.13. The van der Waals surface area contributed by atoms with Gasteiger partial charge < -0.3 is 10.0 Å². The maximum absolute atomic E-state index is 12.6. The largest absolute Gasteiger partial charge is 0.395 e. The Hall–Kier alpha value is -1.72. The number of aryl methyl sites for hydroxylation is 1. The fraction of sp³-hybridized carbons (Fsp3) is 0.375. The van der Waals surface area contributed by atoms with Crippen LogP contribution in [-0.4, -0.2) is 40.1 Å². The molecular formula is C16H18N2O2S. The van der Waals surface area contributed by atoms with E-state index in [1.54, 1.807) is 16.2 Å². The van der Waals surface area contributed by atoms with Gasteiger partial charge in [0.15, 0.2) is 0 Å². The number of aromatic nitrogens is 1. The number of aliphatic hydroxyl groups excluding tert-OH is 1. The van der Waals surface area contributed by atoms with Crippen molar-refractivity contribution in [2.24, 2.45) is 0 Å². The van der Waals surface area contributed by atoms with Crippen LogP contribution in [0.15, 0.2) is 29.6 Å². The fourth-order valence-corrected chi connectivity index (χ4v) is 3.18. The first-order chi connectivity index (χ1) is 10.2. The van der Waals surface area contributed by atoms with Crippen LogP contribution in [0.3, 0.4) is 0 Å². The normalized spacial score (nSPS) is 14.2. The molecule has 1 aromatic heterocycles. The highest BCUT2D eigenvalue weighted by atomic mass is 32.1. The summed E-state index contributed by atoms with van der Waals surface area (Å²) in [7, 11) is 0. The average molecular weight is 302 g/mol. The average Bonchev–Trinajstić information content (AvgIpc) is 3.25. The number of thiazole rings is 1. The van der Waals surface area contributed by atoms with Gasteiger partial charge in [-0.2, -0.15) is 0 Å². The van der Waals surface area contributed by atoms with Gasteiger partial charge in [0.1, 0.15) is 5.01 Å². The van der Waals surface area contributed by atoms with Gasteiger partial charge in [0.05, 0.1) is 6.61 Å². The Morgan fingerprint density at radius 2 is 2.29 bits per heavy atom. The molecule has 3 rings (SSSR count). The van der Waals surface area contributed by atoms with Gasteiger partial charge in [0.2, 0.25) is 0 Å². The molecule has 1 amide bonds. The Bertz CT molecular complexity index is 649. The number of nitrogens with zero attached hydrogens (tertiary/aromatic N) is 2. The molecule has 1 aromatic carbocycles. The molecule has 1 heterocycles. The zero-order valence-electron chi connectivity index (χ0n) is 12.0. The number of benzene rings is 1. The van der Waals surface area contributed by atoms with Crippen LogP contribution in [0.1, 0.15) is 28.9 Å². The highest BCUT2D eigenvalue weighted by Gasteiger charge is 2.32. The van der Waals surface area contributed by atoms with Crippen LogP contribution in [-0.2, 0) is 0 Å². The first kappa shape index (κ1) is 14.2. The van der Waals surface area contributed by atoms with Gasteiger partial charge in [0.25, 0.3) is 5.91 Å². The first-order valence-corrected chi connectivity index (χ1v) is 8.01. The molecule has 5 heteroatoms. The second-order valence-electron chi connectivity index (χ2n) is 5.33. The summed E-state index contributed by atoms with van der Waals surface area (Å²) >= 11 is 1.58. The molecule has 0 atom stereocenters. The molecule has 1 fully saturated rings. The molecule has 1 N–H and O–H groups in total. The number of rotatable bonds is 5. The molecule has 4 nitrogen and oxygen atoms in total. The van der Waals surface area contributed by atoms with Crippen LogP contribution in [0.2, 0.25) is 0 Å². The van der Waals surface area contributed by atoms with Gasteiger partial charge in [0, 0.05) is 34.8 Å². The van der Waals surface area contributed by atoms with Crippen molar-refractivity contribution in [3.05, 3.63) is 40.9 Å². The monoisotopic (exact) mass is 302 g/mol. The predicted octanol–water partition coefficient (Wildman–Crippen LogP) is 2.72. The van der Waals surface area contributed by atoms with Gasteiger partial charge >= 0.3 is 0 Å². The summed E-state index contributed by atoms with van der Waals surface area (Å²) in [5, 5.41) is 12.1. The molecule has 0 saturated heterocycles. The maximum Gasteiger partial charge on any atom is 0.254 e. The topological polar surface area (TPSA) is 53.4 Å². The number of amides is 1. The molecule has 0 spiro atoms. The van der Waals surface area contributed by atoms with E-state index in [0.717, 1.165) is 29.1 Å². The molecule has 1 saturated carbocycles. The van der Waals surface area contributed by atoms with Gasteiger partial charge in [-0.3, -0.25) is 4.79 Å². The van der Waals surface area contributed by atoms with Crippen molar-refractivity contribution in [3.63, 3.8) is 0 Å². The lowest BCUT2D eigenvalue weighted by Crippen LogP contribution is -2.35. The number of hydrogen-bond donors (Lipinski definition) is 1. The number of aliphatic hydroxyl groups is 1. The summed E-state index contributed by atoms with van der Waals surface area (Å²) in [5.74, 6) is 0.00155. The van der Waals surface area contributed by atoms with Gasteiger partial charge in [-0.05, 0) is 31.9 Å². The van der Waals surface area contributed by atoms with Crippen molar-refractivity contribution >= 4 is 17.2 Å². The lowest BCUT2D eigenvalue weighted by atomic mass is 10.1. The van der Waals surface area contributed by atoms with Crippen LogP contribution in [0.4, 0.5) is 0 Å². The quantitative estimate of drug-likeness (QED) is 0.924.